The molecule has 8 nitrogen and oxygen atoms in total. The van der Waals surface area contributed by atoms with E-state index in [1.807, 2.05) is 20.8 Å². The summed E-state index contributed by atoms with van der Waals surface area (Å²) >= 11 is 0. The molecule has 3 rings (SSSR count). The fourth-order valence-corrected chi connectivity index (χ4v) is 5.61. The number of aliphatic hydroxyl groups is 1. The van der Waals surface area contributed by atoms with Crippen molar-refractivity contribution in [1.29, 1.82) is 0 Å². The Balaban J connectivity index is 1.62. The average Bonchev–Trinajstić information content (AvgIpc) is 2.82. The number of hydrogen-bond acceptors (Lipinski definition) is 6. The molecule has 8 heteroatoms. The lowest BCUT2D eigenvalue weighted by molar-refractivity contribution is -0.125. The van der Waals surface area contributed by atoms with E-state index in [1.165, 1.54) is 12.5 Å². The molecule has 0 bridgehead atoms. The van der Waals surface area contributed by atoms with Gasteiger partial charge in [0.2, 0.25) is 5.91 Å². The molecule has 0 aromatic carbocycles. The maximum atomic E-state index is 13.1. The first-order chi connectivity index (χ1) is 17.1. The third kappa shape index (κ3) is 8.32. The fraction of sp³-hybridized carbons (Fsp3) is 0.786. The van der Waals surface area contributed by atoms with E-state index in [4.69, 9.17) is 14.2 Å². The summed E-state index contributed by atoms with van der Waals surface area (Å²) in [6, 6.07) is -0.419. The van der Waals surface area contributed by atoms with E-state index in [2.05, 4.69) is 23.5 Å². The maximum Gasteiger partial charge on any atom is 0.410 e. The molecule has 36 heavy (non-hydrogen) atoms. The largest absolute Gasteiger partial charge is 0.444 e. The molecule has 2 N–H and O–H groups in total. The first-order valence-electron chi connectivity index (χ1n) is 13.6. The molecule has 2 atom stereocenters. The van der Waals surface area contributed by atoms with Crippen molar-refractivity contribution in [1.82, 2.24) is 10.2 Å². The van der Waals surface area contributed by atoms with Crippen LogP contribution in [0.25, 0.3) is 0 Å². The molecule has 0 aromatic heterocycles. The zero-order valence-corrected chi connectivity index (χ0v) is 22.6. The summed E-state index contributed by atoms with van der Waals surface area (Å²) in [7, 11) is 0. The number of hydrogen-bond donors (Lipinski definition) is 2. The fourth-order valence-electron chi connectivity index (χ4n) is 5.61. The molecule has 2 unspecified atom stereocenters. The lowest BCUT2D eigenvalue weighted by Crippen LogP contribution is -2.68. The highest BCUT2D eigenvalue weighted by atomic mass is 16.6. The summed E-state index contributed by atoms with van der Waals surface area (Å²) in [6.45, 7) is 8.44. The van der Waals surface area contributed by atoms with E-state index in [0.717, 1.165) is 38.5 Å². The van der Waals surface area contributed by atoms with Crippen molar-refractivity contribution in [2.75, 3.05) is 26.4 Å². The molecule has 0 spiro atoms. The van der Waals surface area contributed by atoms with Crippen molar-refractivity contribution >= 4 is 12.0 Å². The van der Waals surface area contributed by atoms with Gasteiger partial charge in [0.05, 0.1) is 37.0 Å². The van der Waals surface area contributed by atoms with Gasteiger partial charge in [-0.05, 0) is 84.1 Å². The van der Waals surface area contributed by atoms with Crippen LogP contribution in [0.3, 0.4) is 0 Å². The van der Waals surface area contributed by atoms with Crippen LogP contribution in [0.1, 0.15) is 85.5 Å². The summed E-state index contributed by atoms with van der Waals surface area (Å²) in [5.41, 5.74) is -0.0256. The number of likely N-dealkylation sites (tertiary alicyclic amines) is 1. The Labute approximate surface area is 216 Å². The van der Waals surface area contributed by atoms with Crippen molar-refractivity contribution in [3.63, 3.8) is 0 Å². The van der Waals surface area contributed by atoms with Gasteiger partial charge in [0, 0.05) is 20.1 Å². The van der Waals surface area contributed by atoms with Gasteiger partial charge < -0.3 is 29.5 Å². The molecule has 1 saturated heterocycles. The smallest absolute Gasteiger partial charge is 0.410 e. The van der Waals surface area contributed by atoms with Gasteiger partial charge in [-0.15, -0.1) is 0 Å². The van der Waals surface area contributed by atoms with E-state index >= 15 is 0 Å². The molecule has 204 valence electrons. The Hall–Kier alpha value is -1.90. The molecule has 2 aliphatic carbocycles. The molecule has 3 aliphatic rings. The SMILES string of the molecule is CC(=O)NC1(CCO)CCCN(C(=O)OC(C)(C)C)C1COC1CCC(OCC2=CC=CCC2)CC1. The van der Waals surface area contributed by atoms with Gasteiger partial charge in [-0.3, -0.25) is 4.79 Å². The topological polar surface area (TPSA) is 97.3 Å². The van der Waals surface area contributed by atoms with Crippen LogP contribution in [0.15, 0.2) is 23.8 Å². The number of rotatable bonds is 9. The minimum absolute atomic E-state index is 0.0771. The minimum Gasteiger partial charge on any atom is -0.444 e. The summed E-state index contributed by atoms with van der Waals surface area (Å²) < 4.78 is 18.3. The van der Waals surface area contributed by atoms with Gasteiger partial charge in [0.1, 0.15) is 5.60 Å². The number of piperidine rings is 1. The van der Waals surface area contributed by atoms with Crippen LogP contribution in [0.2, 0.25) is 0 Å². The van der Waals surface area contributed by atoms with Crippen LogP contribution < -0.4 is 5.32 Å². The number of amides is 2. The van der Waals surface area contributed by atoms with Gasteiger partial charge in [-0.25, -0.2) is 4.79 Å². The molecule has 0 aromatic rings. The molecule has 2 amide bonds. The van der Waals surface area contributed by atoms with Gasteiger partial charge in [0.15, 0.2) is 0 Å². The van der Waals surface area contributed by atoms with Crippen LogP contribution in [0.4, 0.5) is 4.79 Å². The summed E-state index contributed by atoms with van der Waals surface area (Å²) in [6.07, 6.45) is 14.0. The van der Waals surface area contributed by atoms with Crippen LogP contribution in [0.5, 0.6) is 0 Å². The summed E-state index contributed by atoms with van der Waals surface area (Å²) in [4.78, 5) is 27.0. The van der Waals surface area contributed by atoms with Gasteiger partial charge >= 0.3 is 6.09 Å². The predicted octanol–water partition coefficient (Wildman–Crippen LogP) is 4.26. The number of aliphatic hydroxyl groups excluding tert-OH is 1. The number of carbonyl (C=O) groups is 2. The van der Waals surface area contributed by atoms with Crippen LogP contribution in [-0.4, -0.2) is 77.8 Å². The molecule has 1 saturated carbocycles. The number of nitrogens with zero attached hydrogens (tertiary/aromatic N) is 1. The van der Waals surface area contributed by atoms with E-state index in [1.54, 1.807) is 4.90 Å². The quantitative estimate of drug-likeness (QED) is 0.485. The predicted molar refractivity (Wildman–Crippen MR) is 139 cm³/mol. The second-order valence-electron chi connectivity index (χ2n) is 11.4. The zero-order valence-electron chi connectivity index (χ0n) is 22.6. The minimum atomic E-state index is -0.752. The number of allylic oxidation sites excluding steroid dienone is 3. The highest BCUT2D eigenvalue weighted by Crippen LogP contribution is 2.34. The Morgan fingerprint density at radius 2 is 1.86 bits per heavy atom. The Kier molecular flexibility index (Phi) is 10.4. The molecule has 1 aliphatic heterocycles. The number of nitrogens with one attached hydrogen (secondary N) is 1. The Morgan fingerprint density at radius 1 is 1.17 bits per heavy atom. The summed E-state index contributed by atoms with van der Waals surface area (Å²) in [5.74, 6) is -0.180. The lowest BCUT2D eigenvalue weighted by atomic mass is 9.78. The molecular formula is C28H46N2O6. The molecular weight excluding hydrogens is 460 g/mol. The highest BCUT2D eigenvalue weighted by Gasteiger charge is 2.48. The first kappa shape index (κ1) is 28.7. The second-order valence-corrected chi connectivity index (χ2v) is 11.4. The number of carbonyl (C=O) groups excluding carboxylic acids is 2. The second kappa shape index (κ2) is 13.1. The van der Waals surface area contributed by atoms with Crippen molar-refractivity contribution in [2.24, 2.45) is 0 Å². The standard InChI is InChI=1S/C28H46N2O6/c1-21(32)29-28(16-18-31)15-8-17-30(26(33)36-27(2,3)4)25(28)20-35-24-13-11-23(12-14-24)34-19-22-9-6-5-7-10-22/h5-6,9,23-25,31H,7-8,10-20H2,1-4H3,(H,29,32). The zero-order chi connectivity index (χ0) is 26.2. The van der Waals surface area contributed by atoms with Gasteiger partial charge in [-0.1, -0.05) is 18.2 Å². The maximum absolute atomic E-state index is 13.1. The third-order valence-corrected chi connectivity index (χ3v) is 7.36. The first-order valence-corrected chi connectivity index (χ1v) is 13.6. The summed E-state index contributed by atoms with van der Waals surface area (Å²) in [5, 5.41) is 12.9. The van der Waals surface area contributed by atoms with Gasteiger partial charge in [-0.2, -0.15) is 0 Å². The van der Waals surface area contributed by atoms with E-state index in [-0.39, 0.29) is 31.3 Å². The monoisotopic (exact) mass is 506 g/mol. The normalized spacial score (nSPS) is 29.0. The third-order valence-electron chi connectivity index (χ3n) is 7.36. The van der Waals surface area contributed by atoms with Crippen molar-refractivity contribution in [3.05, 3.63) is 23.8 Å². The lowest BCUT2D eigenvalue weighted by Gasteiger charge is -2.50. The molecule has 2 fully saturated rings. The van der Waals surface area contributed by atoms with Crippen LogP contribution in [0, 0.1) is 0 Å². The molecule has 0 radical (unpaired) electrons. The van der Waals surface area contributed by atoms with Crippen molar-refractivity contribution in [3.8, 4) is 0 Å². The average molecular weight is 507 g/mol. The number of ether oxygens (including phenoxy) is 3. The Morgan fingerprint density at radius 3 is 2.44 bits per heavy atom. The molecule has 1 heterocycles. The van der Waals surface area contributed by atoms with E-state index in [9.17, 15) is 14.7 Å². The van der Waals surface area contributed by atoms with Crippen LogP contribution in [-0.2, 0) is 19.0 Å². The van der Waals surface area contributed by atoms with Gasteiger partial charge in [0.25, 0.3) is 0 Å². The van der Waals surface area contributed by atoms with Crippen molar-refractivity contribution < 1.29 is 28.9 Å². The van der Waals surface area contributed by atoms with Crippen LogP contribution >= 0.6 is 0 Å². The van der Waals surface area contributed by atoms with E-state index < -0.39 is 23.3 Å². The van der Waals surface area contributed by atoms with Crippen molar-refractivity contribution in [2.45, 2.75) is 115 Å². The Bertz CT molecular complexity index is 792. The highest BCUT2D eigenvalue weighted by molar-refractivity contribution is 5.74. The van der Waals surface area contributed by atoms with E-state index in [0.29, 0.717) is 32.4 Å².